The lowest BCUT2D eigenvalue weighted by atomic mass is 10.2. The molecule has 1 fully saturated rings. The summed E-state index contributed by atoms with van der Waals surface area (Å²) in [5, 5.41) is 0. The van der Waals surface area contributed by atoms with E-state index in [0.717, 1.165) is 36.4 Å². The van der Waals surface area contributed by atoms with E-state index in [1.54, 1.807) is 4.90 Å². The maximum atomic E-state index is 12.8. The molecule has 1 aliphatic heterocycles. The van der Waals surface area contributed by atoms with Crippen LogP contribution in [0, 0.1) is 6.92 Å². The molecule has 1 heterocycles. The summed E-state index contributed by atoms with van der Waals surface area (Å²) in [6, 6.07) is 17.4. The summed E-state index contributed by atoms with van der Waals surface area (Å²) in [7, 11) is 0. The van der Waals surface area contributed by atoms with Crippen LogP contribution in [0.25, 0.3) is 0 Å². The van der Waals surface area contributed by atoms with Crippen molar-refractivity contribution >= 4 is 11.6 Å². The first-order valence-corrected chi connectivity index (χ1v) is 8.39. The van der Waals surface area contributed by atoms with Crippen LogP contribution in [-0.2, 0) is 9.53 Å². The van der Waals surface area contributed by atoms with Crippen LogP contribution in [0.2, 0.25) is 0 Å². The average Bonchev–Trinajstić information content (AvgIpc) is 3.13. The van der Waals surface area contributed by atoms with Crippen molar-refractivity contribution in [2.45, 2.75) is 25.9 Å². The van der Waals surface area contributed by atoms with E-state index < -0.39 is 0 Å². The minimum atomic E-state index is -0.0556. The van der Waals surface area contributed by atoms with Gasteiger partial charge < -0.3 is 14.4 Å². The Hall–Kier alpha value is -2.33. The fourth-order valence-electron chi connectivity index (χ4n) is 2.89. The number of ether oxygens (including phenoxy) is 2. The molecule has 1 aliphatic rings. The van der Waals surface area contributed by atoms with Crippen molar-refractivity contribution in [3.8, 4) is 5.75 Å². The first kappa shape index (κ1) is 16.5. The summed E-state index contributed by atoms with van der Waals surface area (Å²) >= 11 is 0. The van der Waals surface area contributed by atoms with E-state index in [1.165, 1.54) is 0 Å². The summed E-state index contributed by atoms with van der Waals surface area (Å²) in [4.78, 5) is 14.5. The van der Waals surface area contributed by atoms with Crippen LogP contribution in [0.1, 0.15) is 18.4 Å². The molecule has 0 bridgehead atoms. The SMILES string of the molecule is Cc1ccccc1OCC(=O)N(CC1CCCO1)c1ccccc1. The van der Waals surface area contributed by atoms with Crippen molar-refractivity contribution in [3.63, 3.8) is 0 Å². The minimum absolute atomic E-state index is 0.0203. The number of rotatable bonds is 6. The molecule has 1 saturated heterocycles. The standard InChI is InChI=1S/C20H23NO3/c1-16-8-5-6-12-19(16)24-15-20(22)21(14-18-11-7-13-23-18)17-9-3-2-4-10-17/h2-6,8-10,12,18H,7,11,13-15H2,1H3. The van der Waals surface area contributed by atoms with E-state index in [-0.39, 0.29) is 18.6 Å². The molecule has 2 aromatic carbocycles. The normalized spacial score (nSPS) is 16.8. The van der Waals surface area contributed by atoms with Crippen LogP contribution in [0.4, 0.5) is 5.69 Å². The highest BCUT2D eigenvalue weighted by Crippen LogP contribution is 2.20. The molecule has 3 rings (SSSR count). The second-order valence-corrected chi connectivity index (χ2v) is 6.03. The molecule has 126 valence electrons. The van der Waals surface area contributed by atoms with Crippen molar-refractivity contribution in [2.24, 2.45) is 0 Å². The van der Waals surface area contributed by atoms with Gasteiger partial charge in [0.2, 0.25) is 0 Å². The number of carbonyl (C=O) groups excluding carboxylic acids is 1. The van der Waals surface area contributed by atoms with Gasteiger partial charge in [-0.3, -0.25) is 4.79 Å². The van der Waals surface area contributed by atoms with Gasteiger partial charge in [0.1, 0.15) is 5.75 Å². The highest BCUT2D eigenvalue weighted by Gasteiger charge is 2.24. The predicted octanol–water partition coefficient (Wildman–Crippen LogP) is 3.59. The molecule has 0 spiro atoms. The Labute approximate surface area is 143 Å². The number of benzene rings is 2. The molecule has 1 atom stereocenters. The minimum Gasteiger partial charge on any atom is -0.483 e. The molecule has 2 aromatic rings. The second-order valence-electron chi connectivity index (χ2n) is 6.03. The fraction of sp³-hybridized carbons (Fsp3) is 0.350. The number of nitrogens with zero attached hydrogens (tertiary/aromatic N) is 1. The van der Waals surface area contributed by atoms with Gasteiger partial charge >= 0.3 is 0 Å². The number of amides is 1. The first-order chi connectivity index (χ1) is 11.7. The van der Waals surface area contributed by atoms with Gasteiger partial charge in [0, 0.05) is 12.3 Å². The lowest BCUT2D eigenvalue weighted by molar-refractivity contribution is -0.120. The fourth-order valence-corrected chi connectivity index (χ4v) is 2.89. The summed E-state index contributed by atoms with van der Waals surface area (Å²) in [5.74, 6) is 0.691. The van der Waals surface area contributed by atoms with Gasteiger partial charge in [0.05, 0.1) is 12.6 Å². The van der Waals surface area contributed by atoms with Crippen molar-refractivity contribution in [1.82, 2.24) is 0 Å². The number of aryl methyl sites for hydroxylation is 1. The second kappa shape index (κ2) is 7.97. The first-order valence-electron chi connectivity index (χ1n) is 8.39. The van der Waals surface area contributed by atoms with Crippen molar-refractivity contribution in [1.29, 1.82) is 0 Å². The largest absolute Gasteiger partial charge is 0.483 e. The van der Waals surface area contributed by atoms with E-state index in [2.05, 4.69) is 0 Å². The van der Waals surface area contributed by atoms with Gasteiger partial charge in [0.25, 0.3) is 5.91 Å². The highest BCUT2D eigenvalue weighted by molar-refractivity contribution is 5.94. The molecule has 24 heavy (non-hydrogen) atoms. The highest BCUT2D eigenvalue weighted by atomic mass is 16.5. The molecule has 1 amide bonds. The van der Waals surface area contributed by atoms with Crippen molar-refractivity contribution in [2.75, 3.05) is 24.7 Å². The van der Waals surface area contributed by atoms with E-state index in [9.17, 15) is 4.79 Å². The molecule has 4 heteroatoms. The molecular formula is C20H23NO3. The van der Waals surface area contributed by atoms with Crippen LogP contribution in [0.3, 0.4) is 0 Å². The maximum Gasteiger partial charge on any atom is 0.264 e. The Kier molecular flexibility index (Phi) is 5.49. The Morgan fingerprint density at radius 2 is 1.92 bits per heavy atom. The van der Waals surface area contributed by atoms with Crippen LogP contribution in [0.15, 0.2) is 54.6 Å². The molecule has 0 aromatic heterocycles. The van der Waals surface area contributed by atoms with Crippen molar-refractivity contribution < 1.29 is 14.3 Å². The summed E-state index contributed by atoms with van der Waals surface area (Å²) in [6.45, 7) is 3.34. The van der Waals surface area contributed by atoms with Gasteiger partial charge in [-0.25, -0.2) is 0 Å². The number of anilines is 1. The number of para-hydroxylation sites is 2. The van der Waals surface area contributed by atoms with Crippen LogP contribution < -0.4 is 9.64 Å². The summed E-state index contributed by atoms with van der Waals surface area (Å²) in [5.41, 5.74) is 1.90. The topological polar surface area (TPSA) is 38.8 Å². The molecular weight excluding hydrogens is 302 g/mol. The van der Waals surface area contributed by atoms with E-state index in [1.807, 2.05) is 61.5 Å². The third-order valence-electron chi connectivity index (χ3n) is 4.22. The zero-order valence-electron chi connectivity index (χ0n) is 14.0. The Morgan fingerprint density at radius 3 is 2.62 bits per heavy atom. The average molecular weight is 325 g/mol. The molecule has 0 N–H and O–H groups in total. The number of hydrogen-bond donors (Lipinski definition) is 0. The molecule has 1 unspecified atom stereocenters. The Balaban J connectivity index is 1.69. The third kappa shape index (κ3) is 4.15. The quantitative estimate of drug-likeness (QED) is 0.815. The predicted molar refractivity (Wildman–Crippen MR) is 94.4 cm³/mol. The van der Waals surface area contributed by atoms with Crippen LogP contribution >= 0.6 is 0 Å². The van der Waals surface area contributed by atoms with Crippen LogP contribution in [-0.4, -0.2) is 31.8 Å². The van der Waals surface area contributed by atoms with Gasteiger partial charge in [-0.2, -0.15) is 0 Å². The molecule has 0 aliphatic carbocycles. The Bertz CT molecular complexity index is 666. The lowest BCUT2D eigenvalue weighted by Gasteiger charge is -2.25. The van der Waals surface area contributed by atoms with E-state index in [0.29, 0.717) is 6.54 Å². The smallest absolute Gasteiger partial charge is 0.264 e. The zero-order valence-corrected chi connectivity index (χ0v) is 14.0. The molecule has 0 radical (unpaired) electrons. The summed E-state index contributed by atoms with van der Waals surface area (Å²) < 4.78 is 11.4. The van der Waals surface area contributed by atoms with Gasteiger partial charge in [0.15, 0.2) is 6.61 Å². The van der Waals surface area contributed by atoms with Gasteiger partial charge in [-0.05, 0) is 43.5 Å². The van der Waals surface area contributed by atoms with Crippen LogP contribution in [0.5, 0.6) is 5.75 Å². The molecule has 4 nitrogen and oxygen atoms in total. The van der Waals surface area contributed by atoms with Gasteiger partial charge in [-0.1, -0.05) is 36.4 Å². The number of hydrogen-bond acceptors (Lipinski definition) is 3. The van der Waals surface area contributed by atoms with Gasteiger partial charge in [-0.15, -0.1) is 0 Å². The lowest BCUT2D eigenvalue weighted by Crippen LogP contribution is -2.40. The van der Waals surface area contributed by atoms with E-state index >= 15 is 0 Å². The molecule has 0 saturated carbocycles. The summed E-state index contributed by atoms with van der Waals surface area (Å²) in [6.07, 6.45) is 2.16. The third-order valence-corrected chi connectivity index (χ3v) is 4.22. The van der Waals surface area contributed by atoms with E-state index in [4.69, 9.17) is 9.47 Å². The maximum absolute atomic E-state index is 12.8. The zero-order chi connectivity index (χ0) is 16.8. The number of carbonyl (C=O) groups is 1. The monoisotopic (exact) mass is 325 g/mol. The Morgan fingerprint density at radius 1 is 1.17 bits per heavy atom. The van der Waals surface area contributed by atoms with Crippen molar-refractivity contribution in [3.05, 3.63) is 60.2 Å².